The molecule has 1 aromatic carbocycles. The van der Waals surface area contributed by atoms with E-state index in [2.05, 4.69) is 24.9 Å². The molecule has 0 saturated heterocycles. The summed E-state index contributed by atoms with van der Waals surface area (Å²) in [6.45, 7) is 5.11. The first-order chi connectivity index (χ1) is 8.77. The van der Waals surface area contributed by atoms with Gasteiger partial charge in [0.25, 0.3) is 0 Å². The molecule has 2 rings (SSSR count). The van der Waals surface area contributed by atoms with Gasteiger partial charge < -0.3 is 9.67 Å². The van der Waals surface area contributed by atoms with Gasteiger partial charge in [-0.3, -0.25) is 0 Å². The van der Waals surface area contributed by atoms with Gasteiger partial charge in [-0.1, -0.05) is 38.1 Å². The smallest absolute Gasteiger partial charge is 0.142 e. The minimum Gasteiger partial charge on any atom is -0.380 e. The molecule has 96 valence electrons. The number of nitrogens with zero attached hydrogens (tertiary/aromatic N) is 2. The third-order valence-electron chi connectivity index (χ3n) is 3.19. The Hall–Kier alpha value is -1.61. The summed E-state index contributed by atoms with van der Waals surface area (Å²) < 4.78 is 2.02. The van der Waals surface area contributed by atoms with Crippen molar-refractivity contribution in [2.75, 3.05) is 0 Å². The topological polar surface area (TPSA) is 38.0 Å². The lowest BCUT2D eigenvalue weighted by Crippen LogP contribution is -2.11. The van der Waals surface area contributed by atoms with Crippen LogP contribution in [0, 0.1) is 0 Å². The van der Waals surface area contributed by atoms with Gasteiger partial charge in [0.1, 0.15) is 11.9 Å². The van der Waals surface area contributed by atoms with Gasteiger partial charge in [-0.2, -0.15) is 0 Å². The molecule has 1 unspecified atom stereocenters. The van der Waals surface area contributed by atoms with Crippen LogP contribution in [0.3, 0.4) is 0 Å². The fourth-order valence-electron chi connectivity index (χ4n) is 2.26. The normalized spacial score (nSPS) is 12.6. The second-order valence-electron chi connectivity index (χ2n) is 4.43. The van der Waals surface area contributed by atoms with Crippen LogP contribution in [0.4, 0.5) is 0 Å². The summed E-state index contributed by atoms with van der Waals surface area (Å²) in [5, 5.41) is 10.5. The highest BCUT2D eigenvalue weighted by Gasteiger charge is 2.17. The second-order valence-corrected chi connectivity index (χ2v) is 4.43. The number of benzene rings is 1. The molecule has 1 atom stereocenters. The van der Waals surface area contributed by atoms with E-state index in [1.165, 1.54) is 5.56 Å². The molecular formula is C15H20N2O. The molecule has 2 aromatic rings. The van der Waals surface area contributed by atoms with E-state index in [9.17, 15) is 5.11 Å². The van der Waals surface area contributed by atoms with Gasteiger partial charge in [0.15, 0.2) is 0 Å². The van der Waals surface area contributed by atoms with E-state index in [0.717, 1.165) is 30.8 Å². The highest BCUT2D eigenvalue weighted by Crippen LogP contribution is 2.24. The molecule has 0 aliphatic rings. The zero-order valence-corrected chi connectivity index (χ0v) is 11.0. The highest BCUT2D eigenvalue weighted by molar-refractivity contribution is 5.32. The minimum atomic E-state index is -0.636. The van der Waals surface area contributed by atoms with Crippen LogP contribution in [-0.2, 0) is 13.0 Å². The number of hydrogen-bond donors (Lipinski definition) is 1. The first-order valence-corrected chi connectivity index (χ1v) is 6.54. The quantitative estimate of drug-likeness (QED) is 0.878. The number of rotatable bonds is 5. The van der Waals surface area contributed by atoms with E-state index < -0.39 is 6.10 Å². The summed E-state index contributed by atoms with van der Waals surface area (Å²) in [6.07, 6.45) is 5.00. The van der Waals surface area contributed by atoms with Crippen LogP contribution >= 0.6 is 0 Å². The molecule has 3 nitrogen and oxygen atoms in total. The average molecular weight is 244 g/mol. The molecule has 0 amide bonds. The van der Waals surface area contributed by atoms with Crippen LogP contribution in [0.2, 0.25) is 0 Å². The van der Waals surface area contributed by atoms with Crippen LogP contribution in [0.5, 0.6) is 0 Å². The van der Waals surface area contributed by atoms with E-state index in [-0.39, 0.29) is 0 Å². The summed E-state index contributed by atoms with van der Waals surface area (Å²) in [7, 11) is 0. The summed E-state index contributed by atoms with van der Waals surface area (Å²) in [6, 6.07) is 8.01. The molecule has 0 fully saturated rings. The Labute approximate surface area is 108 Å². The van der Waals surface area contributed by atoms with Crippen molar-refractivity contribution < 1.29 is 5.11 Å². The number of imidazole rings is 1. The van der Waals surface area contributed by atoms with E-state index in [4.69, 9.17) is 0 Å². The molecule has 0 radical (unpaired) electrons. The molecule has 1 aromatic heterocycles. The molecule has 1 N–H and O–H groups in total. The molecule has 0 spiro atoms. The number of aryl methyl sites for hydroxylation is 2. The van der Waals surface area contributed by atoms with Gasteiger partial charge in [-0.05, 0) is 24.0 Å². The Morgan fingerprint density at radius 1 is 1.28 bits per heavy atom. The van der Waals surface area contributed by atoms with E-state index >= 15 is 0 Å². The molecule has 0 saturated carbocycles. The van der Waals surface area contributed by atoms with Crippen LogP contribution in [0.15, 0.2) is 36.7 Å². The molecule has 18 heavy (non-hydrogen) atoms. The lowest BCUT2D eigenvalue weighted by Gasteiger charge is -2.16. The number of aliphatic hydroxyl groups excluding tert-OH is 1. The van der Waals surface area contributed by atoms with Crippen molar-refractivity contribution >= 4 is 0 Å². The first-order valence-electron chi connectivity index (χ1n) is 6.54. The minimum absolute atomic E-state index is 0.636. The number of hydrogen-bond acceptors (Lipinski definition) is 2. The van der Waals surface area contributed by atoms with Gasteiger partial charge in [0.2, 0.25) is 0 Å². The van der Waals surface area contributed by atoms with E-state index in [1.807, 2.05) is 29.0 Å². The van der Waals surface area contributed by atoms with Gasteiger partial charge >= 0.3 is 0 Å². The first kappa shape index (κ1) is 12.8. The Morgan fingerprint density at radius 3 is 2.78 bits per heavy atom. The van der Waals surface area contributed by atoms with Crippen molar-refractivity contribution in [3.8, 4) is 0 Å². The number of aliphatic hydroxyl groups is 1. The predicted molar refractivity (Wildman–Crippen MR) is 72.4 cm³/mol. The maximum atomic E-state index is 10.5. The van der Waals surface area contributed by atoms with Crippen molar-refractivity contribution in [2.24, 2.45) is 0 Å². The zero-order chi connectivity index (χ0) is 13.0. The fourth-order valence-corrected chi connectivity index (χ4v) is 2.26. The zero-order valence-electron chi connectivity index (χ0n) is 11.0. The Morgan fingerprint density at radius 2 is 2.06 bits per heavy atom. The molecule has 0 bridgehead atoms. The van der Waals surface area contributed by atoms with Crippen molar-refractivity contribution in [2.45, 2.75) is 39.3 Å². The highest BCUT2D eigenvalue weighted by atomic mass is 16.3. The van der Waals surface area contributed by atoms with Gasteiger partial charge in [-0.15, -0.1) is 0 Å². The summed E-state index contributed by atoms with van der Waals surface area (Å²) in [4.78, 5) is 4.30. The van der Waals surface area contributed by atoms with Crippen LogP contribution in [-0.4, -0.2) is 14.7 Å². The maximum Gasteiger partial charge on any atom is 0.142 e. The SMILES string of the molecule is CCCn1ccnc1C(O)c1ccccc1CC. The van der Waals surface area contributed by atoms with Crippen molar-refractivity contribution in [1.29, 1.82) is 0 Å². The Bertz CT molecular complexity index is 505. The lowest BCUT2D eigenvalue weighted by molar-refractivity contribution is 0.203. The van der Waals surface area contributed by atoms with E-state index in [1.54, 1.807) is 6.20 Å². The Balaban J connectivity index is 2.35. The Kier molecular flexibility index (Phi) is 4.15. The summed E-state index contributed by atoms with van der Waals surface area (Å²) >= 11 is 0. The second kappa shape index (κ2) is 5.83. The summed E-state index contributed by atoms with van der Waals surface area (Å²) in [5.74, 6) is 0.734. The molecule has 0 aliphatic carbocycles. The predicted octanol–water partition coefficient (Wildman–Crippen LogP) is 2.94. The van der Waals surface area contributed by atoms with Gasteiger partial charge in [-0.25, -0.2) is 4.98 Å². The molecule has 0 aliphatic heterocycles. The standard InChI is InChI=1S/C15H20N2O/c1-3-10-17-11-9-16-15(17)14(18)13-8-6-5-7-12(13)4-2/h5-9,11,14,18H,3-4,10H2,1-2H3. The van der Waals surface area contributed by atoms with Crippen molar-refractivity contribution in [1.82, 2.24) is 9.55 Å². The largest absolute Gasteiger partial charge is 0.380 e. The maximum absolute atomic E-state index is 10.5. The summed E-state index contributed by atoms with van der Waals surface area (Å²) in [5.41, 5.74) is 2.14. The monoisotopic (exact) mass is 244 g/mol. The fraction of sp³-hybridized carbons (Fsp3) is 0.400. The van der Waals surface area contributed by atoms with Gasteiger partial charge in [0.05, 0.1) is 0 Å². The molecular weight excluding hydrogens is 224 g/mol. The van der Waals surface area contributed by atoms with Crippen molar-refractivity contribution in [3.05, 3.63) is 53.6 Å². The van der Waals surface area contributed by atoms with Crippen LogP contribution in [0.1, 0.15) is 43.3 Å². The average Bonchev–Trinajstić information content (AvgIpc) is 2.86. The van der Waals surface area contributed by atoms with E-state index in [0.29, 0.717) is 0 Å². The van der Waals surface area contributed by atoms with Crippen molar-refractivity contribution in [3.63, 3.8) is 0 Å². The molecule has 1 heterocycles. The number of aromatic nitrogens is 2. The van der Waals surface area contributed by atoms with Crippen LogP contribution in [0.25, 0.3) is 0 Å². The third kappa shape index (κ3) is 2.46. The van der Waals surface area contributed by atoms with Crippen LogP contribution < -0.4 is 0 Å². The molecule has 3 heteroatoms. The van der Waals surface area contributed by atoms with Gasteiger partial charge in [0, 0.05) is 18.9 Å². The lowest BCUT2D eigenvalue weighted by atomic mass is 10.00. The third-order valence-corrected chi connectivity index (χ3v) is 3.19.